The van der Waals surface area contributed by atoms with Crippen LogP contribution in [-0.4, -0.2) is 70.5 Å². The van der Waals surface area contributed by atoms with Crippen LogP contribution >= 0.6 is 0 Å². The van der Waals surface area contributed by atoms with Crippen LogP contribution in [0.3, 0.4) is 0 Å². The number of hydrogen-bond donors (Lipinski definition) is 1. The SMILES string of the molecule is CCOc1cc2c(cc1OC)C(c1cncnc1)=N[C@@H]1CC[C@@H](OS(=O)(=O)c3ccc(C)cc3)C[C@H]21.Cc1ccc(S(=O)(=O)OC2CCC3NC=c4ccccc4=C3C2)cc1. The molecule has 14 heteroatoms. The highest BCUT2D eigenvalue weighted by molar-refractivity contribution is 7.87. The summed E-state index contributed by atoms with van der Waals surface area (Å²) in [7, 11) is -5.99. The summed E-state index contributed by atoms with van der Waals surface area (Å²) in [5.74, 6) is 1.24. The maximum absolute atomic E-state index is 13.0. The van der Waals surface area contributed by atoms with Gasteiger partial charge < -0.3 is 14.8 Å². The van der Waals surface area contributed by atoms with Crippen molar-refractivity contribution in [1.82, 2.24) is 15.3 Å². The fraction of sp³-hybridized carbons (Fsp3) is 0.340. The fourth-order valence-electron chi connectivity index (χ4n) is 8.66. The molecule has 4 aromatic carbocycles. The van der Waals surface area contributed by atoms with Gasteiger partial charge in [-0.1, -0.05) is 59.7 Å². The molecule has 1 aromatic heterocycles. The van der Waals surface area contributed by atoms with E-state index in [1.54, 1.807) is 68.0 Å². The van der Waals surface area contributed by atoms with Gasteiger partial charge in [-0.25, -0.2) is 9.97 Å². The molecule has 2 saturated carbocycles. The highest BCUT2D eigenvalue weighted by atomic mass is 32.2. The number of aliphatic imine (C=N–C) groups is 1. The molecule has 2 fully saturated rings. The van der Waals surface area contributed by atoms with Crippen LogP contribution in [0, 0.1) is 13.8 Å². The third-order valence-corrected chi connectivity index (χ3v) is 14.5. The average molecular weight is 863 g/mol. The Kier molecular flexibility index (Phi) is 12.4. The van der Waals surface area contributed by atoms with Crippen molar-refractivity contribution >= 4 is 37.7 Å². The molecular weight excluding hydrogens is 813 g/mol. The van der Waals surface area contributed by atoms with E-state index in [9.17, 15) is 16.8 Å². The molecule has 0 radical (unpaired) electrons. The first-order valence-corrected chi connectivity index (χ1v) is 23.5. The van der Waals surface area contributed by atoms with E-state index in [1.807, 2.05) is 51.2 Å². The molecule has 5 atom stereocenters. The Balaban J connectivity index is 0.000000180. The molecule has 1 N–H and O–H groups in total. The minimum Gasteiger partial charge on any atom is -0.493 e. The topological polar surface area (TPSA) is 155 Å². The summed E-state index contributed by atoms with van der Waals surface area (Å²) in [6.07, 6.45) is 10.3. The predicted molar refractivity (Wildman–Crippen MR) is 233 cm³/mol. The van der Waals surface area contributed by atoms with E-state index in [1.165, 1.54) is 17.1 Å². The zero-order valence-corrected chi connectivity index (χ0v) is 36.3. The number of nitrogens with zero attached hydrogens (tertiary/aromatic N) is 3. The Labute approximate surface area is 357 Å². The number of aryl methyl sites for hydroxylation is 2. The van der Waals surface area contributed by atoms with Crippen molar-refractivity contribution in [3.8, 4) is 11.5 Å². The van der Waals surface area contributed by atoms with Crippen LogP contribution in [0.15, 0.2) is 118 Å². The monoisotopic (exact) mass is 862 g/mol. The van der Waals surface area contributed by atoms with Crippen LogP contribution < -0.4 is 25.2 Å². The molecule has 61 heavy (non-hydrogen) atoms. The number of fused-ring (bicyclic) bond motifs is 5. The van der Waals surface area contributed by atoms with E-state index in [0.717, 1.165) is 51.6 Å². The van der Waals surface area contributed by atoms with Crippen LogP contribution in [0.4, 0.5) is 0 Å². The van der Waals surface area contributed by atoms with Gasteiger partial charge in [0.25, 0.3) is 20.2 Å². The van der Waals surface area contributed by atoms with Crippen molar-refractivity contribution in [2.45, 2.75) is 99.3 Å². The first-order chi connectivity index (χ1) is 29.4. The van der Waals surface area contributed by atoms with Crippen LogP contribution in [0.2, 0.25) is 0 Å². The van der Waals surface area contributed by atoms with Gasteiger partial charge in [-0.05, 0) is 117 Å². The van der Waals surface area contributed by atoms with E-state index in [-0.39, 0.29) is 33.9 Å². The Morgan fingerprint density at radius 2 is 1.39 bits per heavy atom. The smallest absolute Gasteiger partial charge is 0.297 e. The van der Waals surface area contributed by atoms with Gasteiger partial charge in [0.2, 0.25) is 0 Å². The number of ether oxygens (including phenoxy) is 2. The zero-order chi connectivity index (χ0) is 42.7. The van der Waals surface area contributed by atoms with Gasteiger partial charge in [0.05, 0.1) is 47.5 Å². The summed E-state index contributed by atoms with van der Waals surface area (Å²) >= 11 is 0. The number of benzene rings is 4. The molecule has 0 spiro atoms. The molecule has 2 unspecified atom stereocenters. The van der Waals surface area contributed by atoms with Crippen LogP contribution in [0.1, 0.15) is 79.2 Å². The predicted octanol–water partition coefficient (Wildman–Crippen LogP) is 6.27. The van der Waals surface area contributed by atoms with Gasteiger partial charge in [0.1, 0.15) is 6.33 Å². The lowest BCUT2D eigenvalue weighted by Crippen LogP contribution is -2.46. The first kappa shape index (κ1) is 42.3. The van der Waals surface area contributed by atoms with Crippen molar-refractivity contribution in [2.75, 3.05) is 13.7 Å². The molecule has 5 aromatic rings. The molecule has 12 nitrogen and oxygen atoms in total. The van der Waals surface area contributed by atoms with Gasteiger partial charge in [-0.15, -0.1) is 0 Å². The maximum atomic E-state index is 13.0. The lowest BCUT2D eigenvalue weighted by atomic mass is 9.74. The third-order valence-electron chi connectivity index (χ3n) is 11.7. The van der Waals surface area contributed by atoms with Gasteiger partial charge in [-0.3, -0.25) is 13.4 Å². The molecule has 4 aliphatic rings. The standard InChI is InChI=1S/C27H29N3O5S.C20H21NO3S/c1-4-34-26-12-21-22-11-19(35-36(31,32)20-8-5-17(2)6-9-20)7-10-24(22)30-27(18-14-28-16-29-15-18)23(21)13-25(26)33-3;1-14-6-9-17(10-7-14)25(22,23)24-16-8-11-20-19(12-16)18-5-3-2-4-15(18)13-21-20/h5-6,8-9,12-16,19,22,24H,4,7,10-11H2,1-3H3;2-7,9-10,13,16,20-21H,8,11-12H2,1H3/t19-,22-,24-;/m1./s1. The Morgan fingerprint density at radius 3 is 2.05 bits per heavy atom. The molecule has 318 valence electrons. The number of methoxy groups -OCH3 is 1. The summed E-state index contributed by atoms with van der Waals surface area (Å²) in [4.78, 5) is 13.9. The maximum Gasteiger partial charge on any atom is 0.297 e. The van der Waals surface area contributed by atoms with Crippen molar-refractivity contribution in [3.63, 3.8) is 0 Å². The highest BCUT2D eigenvalue weighted by Gasteiger charge is 2.40. The summed E-state index contributed by atoms with van der Waals surface area (Å²) < 4.78 is 73.9. The van der Waals surface area contributed by atoms with Crippen molar-refractivity contribution in [1.29, 1.82) is 0 Å². The molecule has 0 bridgehead atoms. The van der Waals surface area contributed by atoms with Crippen LogP contribution in [0.25, 0.3) is 11.8 Å². The second-order valence-corrected chi connectivity index (χ2v) is 19.0. The Bertz CT molecular complexity index is 2760. The Hall–Kier alpha value is -5.41. The quantitative estimate of drug-likeness (QED) is 0.158. The highest BCUT2D eigenvalue weighted by Crippen LogP contribution is 2.46. The molecule has 0 amide bonds. The third kappa shape index (κ3) is 9.27. The average Bonchev–Trinajstić information content (AvgIpc) is 3.26. The fourth-order valence-corrected chi connectivity index (χ4v) is 10.9. The molecule has 0 saturated heterocycles. The van der Waals surface area contributed by atoms with Gasteiger partial charge in [0.15, 0.2) is 11.5 Å². The largest absolute Gasteiger partial charge is 0.493 e. The Morgan fingerprint density at radius 1 is 0.754 bits per heavy atom. The van der Waals surface area contributed by atoms with E-state index in [2.05, 4.69) is 27.4 Å². The number of aromatic nitrogens is 2. The lowest BCUT2D eigenvalue weighted by molar-refractivity contribution is 0.140. The number of hydrogen-bond acceptors (Lipinski definition) is 12. The van der Waals surface area contributed by atoms with Crippen LogP contribution in [-0.2, 0) is 28.6 Å². The van der Waals surface area contributed by atoms with Crippen LogP contribution in [0.5, 0.6) is 11.5 Å². The molecule has 2 aliphatic carbocycles. The molecule has 9 rings (SSSR count). The van der Waals surface area contributed by atoms with Crippen molar-refractivity contribution in [3.05, 3.63) is 142 Å². The van der Waals surface area contributed by atoms with Gasteiger partial charge in [0, 0.05) is 41.7 Å². The van der Waals surface area contributed by atoms with Crippen molar-refractivity contribution in [2.24, 2.45) is 4.99 Å². The summed E-state index contributed by atoms with van der Waals surface area (Å²) in [5, 5.41) is 5.78. The summed E-state index contributed by atoms with van der Waals surface area (Å²) in [6, 6.07) is 25.9. The second kappa shape index (κ2) is 17.9. The number of rotatable bonds is 10. The van der Waals surface area contributed by atoms with E-state index in [4.69, 9.17) is 22.8 Å². The van der Waals surface area contributed by atoms with E-state index >= 15 is 0 Å². The molecule has 2 aliphatic heterocycles. The normalized spacial score (nSPS) is 21.7. The first-order valence-electron chi connectivity index (χ1n) is 20.6. The lowest BCUT2D eigenvalue weighted by Gasteiger charge is -2.38. The second-order valence-electron chi connectivity index (χ2n) is 15.8. The van der Waals surface area contributed by atoms with Crippen molar-refractivity contribution < 1.29 is 34.7 Å². The molecular formula is C47H50N4O8S2. The van der Waals surface area contributed by atoms with E-state index in [0.29, 0.717) is 43.8 Å². The zero-order valence-electron chi connectivity index (χ0n) is 34.7. The van der Waals surface area contributed by atoms with E-state index < -0.39 is 26.3 Å². The van der Waals surface area contributed by atoms with Gasteiger partial charge >= 0.3 is 0 Å². The summed E-state index contributed by atoms with van der Waals surface area (Å²) in [5.41, 5.74) is 6.84. The minimum absolute atomic E-state index is 0.0162. The minimum atomic E-state index is -3.87. The number of nitrogens with one attached hydrogen (secondary N) is 1. The molecule has 3 heterocycles. The van der Waals surface area contributed by atoms with Gasteiger partial charge in [-0.2, -0.15) is 16.8 Å². The summed E-state index contributed by atoms with van der Waals surface area (Å²) in [6.45, 7) is 6.27.